The molecular weight excluding hydrogens is 174 g/mol. The van der Waals surface area contributed by atoms with E-state index >= 15 is 0 Å². The molecule has 11 heavy (non-hydrogen) atoms. The van der Waals surface area contributed by atoms with Gasteiger partial charge >= 0.3 is 6.08 Å². The molecule has 60 valence electrons. The first kappa shape index (κ1) is 8.33. The van der Waals surface area contributed by atoms with E-state index in [0.717, 1.165) is 0 Å². The third kappa shape index (κ3) is 1.63. The fraction of sp³-hybridized carbons (Fsp3) is 0.333. The average molecular weight is 179 g/mol. The van der Waals surface area contributed by atoms with Crippen LogP contribution in [0.5, 0.6) is 0 Å². The zero-order valence-corrected chi connectivity index (χ0v) is 6.49. The molecule has 5 heteroatoms. The Morgan fingerprint density at radius 3 is 2.45 bits per heavy atom. The molecule has 0 atom stereocenters. The number of rotatable bonds is 1. The highest BCUT2D eigenvalue weighted by Crippen LogP contribution is 2.11. The van der Waals surface area contributed by atoms with E-state index < -0.39 is 12.0 Å². The molecule has 1 aromatic heterocycles. The van der Waals surface area contributed by atoms with Crippen molar-refractivity contribution in [3.05, 3.63) is 23.3 Å². The lowest BCUT2D eigenvalue weighted by Gasteiger charge is -2.00. The summed E-state index contributed by atoms with van der Waals surface area (Å²) in [6, 6.07) is 0. The number of alkyl halides is 1. The number of halogens is 3. The van der Waals surface area contributed by atoms with Crippen LogP contribution >= 0.6 is 11.6 Å². The molecule has 0 aliphatic carbocycles. The van der Waals surface area contributed by atoms with Gasteiger partial charge in [-0.1, -0.05) is 0 Å². The lowest BCUT2D eigenvalue weighted by molar-refractivity contribution is 0.472. The van der Waals surface area contributed by atoms with Gasteiger partial charge < -0.3 is 0 Å². The Bertz CT molecular complexity index is 254. The number of hydrogen-bond donors (Lipinski definition) is 0. The fourth-order valence-electron chi connectivity index (χ4n) is 0.680. The van der Waals surface area contributed by atoms with Gasteiger partial charge in [0.2, 0.25) is 5.95 Å². The van der Waals surface area contributed by atoms with Crippen LogP contribution < -0.4 is 0 Å². The predicted molar refractivity (Wildman–Crippen MR) is 36.2 cm³/mol. The summed E-state index contributed by atoms with van der Waals surface area (Å²) in [5.41, 5.74) is 0.387. The third-order valence-corrected chi connectivity index (χ3v) is 1.54. The number of hydrogen-bond acceptors (Lipinski definition) is 2. The summed E-state index contributed by atoms with van der Waals surface area (Å²) < 4.78 is 24.9. The SMILES string of the molecule is Cc1nc(F)nc(F)c1CCl. The zero-order chi connectivity index (χ0) is 8.43. The molecule has 0 unspecified atom stereocenters. The largest absolute Gasteiger partial charge is 0.311 e. The summed E-state index contributed by atoms with van der Waals surface area (Å²) >= 11 is 5.35. The minimum Gasteiger partial charge on any atom is -0.207 e. The van der Waals surface area contributed by atoms with Crippen LogP contribution in [0.1, 0.15) is 11.3 Å². The van der Waals surface area contributed by atoms with Crippen molar-refractivity contribution in [3.63, 3.8) is 0 Å². The summed E-state index contributed by atoms with van der Waals surface area (Å²) in [7, 11) is 0. The van der Waals surface area contributed by atoms with Crippen LogP contribution in [-0.2, 0) is 5.88 Å². The van der Waals surface area contributed by atoms with Gasteiger partial charge in [-0.3, -0.25) is 0 Å². The van der Waals surface area contributed by atoms with Crippen molar-refractivity contribution in [1.29, 1.82) is 0 Å². The van der Waals surface area contributed by atoms with Crippen LogP contribution in [0.2, 0.25) is 0 Å². The molecule has 0 bridgehead atoms. The Morgan fingerprint density at radius 1 is 1.36 bits per heavy atom. The molecule has 1 heterocycles. The Kier molecular flexibility index (Phi) is 2.34. The summed E-state index contributed by atoms with van der Waals surface area (Å²) in [4.78, 5) is 6.18. The van der Waals surface area contributed by atoms with Crippen molar-refractivity contribution < 1.29 is 8.78 Å². The highest BCUT2D eigenvalue weighted by Gasteiger charge is 2.09. The molecular formula is C6H5ClF2N2. The second-order valence-corrected chi connectivity index (χ2v) is 2.25. The van der Waals surface area contributed by atoms with E-state index in [2.05, 4.69) is 9.97 Å². The van der Waals surface area contributed by atoms with Crippen molar-refractivity contribution in [2.45, 2.75) is 12.8 Å². The monoisotopic (exact) mass is 178 g/mol. The van der Waals surface area contributed by atoms with Crippen molar-refractivity contribution >= 4 is 11.6 Å². The second-order valence-electron chi connectivity index (χ2n) is 1.98. The molecule has 0 N–H and O–H groups in total. The van der Waals surface area contributed by atoms with E-state index in [0.29, 0.717) is 0 Å². The minimum atomic E-state index is -1.06. The second kappa shape index (κ2) is 3.09. The Morgan fingerprint density at radius 2 is 2.00 bits per heavy atom. The smallest absolute Gasteiger partial charge is 0.207 e. The van der Waals surface area contributed by atoms with Gasteiger partial charge in [0.05, 0.1) is 11.6 Å². The van der Waals surface area contributed by atoms with E-state index in [1.165, 1.54) is 6.92 Å². The van der Waals surface area contributed by atoms with Gasteiger partial charge in [0, 0.05) is 5.56 Å². The van der Waals surface area contributed by atoms with Crippen LogP contribution in [0.4, 0.5) is 8.78 Å². The Labute approximate surface area is 67.2 Å². The van der Waals surface area contributed by atoms with Crippen LogP contribution in [0.15, 0.2) is 0 Å². The van der Waals surface area contributed by atoms with Gasteiger partial charge in [0.25, 0.3) is 0 Å². The Hall–Kier alpha value is -0.770. The molecule has 1 rings (SSSR count). The van der Waals surface area contributed by atoms with Crippen molar-refractivity contribution in [2.24, 2.45) is 0 Å². The zero-order valence-electron chi connectivity index (χ0n) is 5.74. The normalized spacial score (nSPS) is 10.2. The van der Waals surface area contributed by atoms with Gasteiger partial charge in [0.1, 0.15) is 0 Å². The first-order chi connectivity index (χ1) is 5.15. The lowest BCUT2D eigenvalue weighted by atomic mass is 10.3. The average Bonchev–Trinajstić information content (AvgIpc) is 1.85. The van der Waals surface area contributed by atoms with E-state index in [9.17, 15) is 8.78 Å². The van der Waals surface area contributed by atoms with E-state index in [1.54, 1.807) is 0 Å². The summed E-state index contributed by atoms with van der Waals surface area (Å²) in [6.07, 6.45) is -1.06. The van der Waals surface area contributed by atoms with Crippen LogP contribution in [-0.4, -0.2) is 9.97 Å². The first-order valence-corrected chi connectivity index (χ1v) is 3.43. The summed E-state index contributed by atoms with van der Waals surface area (Å²) in [5.74, 6) is -0.928. The molecule has 1 aromatic rings. The van der Waals surface area contributed by atoms with Crippen LogP contribution in [0.3, 0.4) is 0 Å². The lowest BCUT2D eigenvalue weighted by Crippen LogP contribution is -2.02. The number of aromatic nitrogens is 2. The maximum atomic E-state index is 12.6. The minimum absolute atomic E-state index is 0.0437. The fourth-order valence-corrected chi connectivity index (χ4v) is 0.984. The predicted octanol–water partition coefficient (Wildman–Crippen LogP) is 1.80. The van der Waals surface area contributed by atoms with Gasteiger partial charge in [-0.05, 0) is 6.92 Å². The molecule has 2 nitrogen and oxygen atoms in total. The first-order valence-electron chi connectivity index (χ1n) is 2.89. The van der Waals surface area contributed by atoms with E-state index in [4.69, 9.17) is 11.6 Å². The highest BCUT2D eigenvalue weighted by atomic mass is 35.5. The Balaban J connectivity index is 3.25. The van der Waals surface area contributed by atoms with Crippen molar-refractivity contribution in [3.8, 4) is 0 Å². The summed E-state index contributed by atoms with van der Waals surface area (Å²) in [6.45, 7) is 1.48. The number of aryl methyl sites for hydroxylation is 1. The van der Waals surface area contributed by atoms with Gasteiger partial charge in [-0.15, -0.1) is 11.6 Å². The van der Waals surface area contributed by atoms with Crippen molar-refractivity contribution in [1.82, 2.24) is 9.97 Å². The molecule has 0 aliphatic heterocycles. The van der Waals surface area contributed by atoms with Crippen molar-refractivity contribution in [2.75, 3.05) is 0 Å². The van der Waals surface area contributed by atoms with Gasteiger partial charge in [0.15, 0.2) is 0 Å². The van der Waals surface area contributed by atoms with Gasteiger partial charge in [-0.25, -0.2) is 4.98 Å². The molecule has 0 spiro atoms. The van der Waals surface area contributed by atoms with Crippen LogP contribution in [0, 0.1) is 18.9 Å². The van der Waals surface area contributed by atoms with E-state index in [1.807, 2.05) is 0 Å². The van der Waals surface area contributed by atoms with E-state index in [-0.39, 0.29) is 17.1 Å². The maximum Gasteiger partial charge on any atom is 0.311 e. The molecule has 0 saturated heterocycles. The molecule has 0 aliphatic rings. The highest BCUT2D eigenvalue weighted by molar-refractivity contribution is 6.17. The number of nitrogens with zero attached hydrogens (tertiary/aromatic N) is 2. The molecule has 0 aromatic carbocycles. The summed E-state index contributed by atoms with van der Waals surface area (Å²) in [5, 5.41) is 0. The molecule has 0 saturated carbocycles. The maximum absolute atomic E-state index is 12.6. The molecule has 0 amide bonds. The van der Waals surface area contributed by atoms with Crippen LogP contribution in [0.25, 0.3) is 0 Å². The quantitative estimate of drug-likeness (QED) is 0.372. The third-order valence-electron chi connectivity index (χ3n) is 1.27. The molecule has 0 fully saturated rings. The molecule has 0 radical (unpaired) electrons. The topological polar surface area (TPSA) is 25.8 Å². The van der Waals surface area contributed by atoms with Gasteiger partial charge in [-0.2, -0.15) is 13.8 Å². The standard InChI is InChI=1S/C6H5ClF2N2/c1-3-4(2-7)5(8)11-6(9)10-3/h2H2,1H3.